The van der Waals surface area contributed by atoms with Gasteiger partial charge in [0.25, 0.3) is 11.6 Å². The summed E-state index contributed by atoms with van der Waals surface area (Å²) in [5.41, 5.74) is 10.9. The van der Waals surface area contributed by atoms with E-state index in [2.05, 4.69) is 4.98 Å². The summed E-state index contributed by atoms with van der Waals surface area (Å²) in [5, 5.41) is 10.8. The van der Waals surface area contributed by atoms with Crippen LogP contribution in [0.4, 0.5) is 11.5 Å². The number of pyridine rings is 1. The van der Waals surface area contributed by atoms with Gasteiger partial charge in [-0.2, -0.15) is 0 Å². The van der Waals surface area contributed by atoms with Crippen LogP contribution in [0.25, 0.3) is 0 Å². The highest BCUT2D eigenvalue weighted by Crippen LogP contribution is 2.24. The van der Waals surface area contributed by atoms with Crippen LogP contribution in [0.2, 0.25) is 0 Å². The molecule has 1 saturated heterocycles. The van der Waals surface area contributed by atoms with Gasteiger partial charge in [0.2, 0.25) is 0 Å². The topological polar surface area (TPSA) is 138 Å². The van der Waals surface area contributed by atoms with Gasteiger partial charge in [0.15, 0.2) is 0 Å². The first-order chi connectivity index (χ1) is 9.90. The Morgan fingerprint density at radius 3 is 2.95 bits per heavy atom. The summed E-state index contributed by atoms with van der Waals surface area (Å²) >= 11 is 0. The number of anilines is 1. The number of hydrogen-bond donors (Lipinski definition) is 2. The summed E-state index contributed by atoms with van der Waals surface area (Å²) in [5.74, 6) is -0.438. The van der Waals surface area contributed by atoms with E-state index in [4.69, 9.17) is 16.2 Å². The van der Waals surface area contributed by atoms with E-state index in [9.17, 15) is 14.9 Å². The number of aromatic nitrogens is 1. The van der Waals surface area contributed by atoms with Gasteiger partial charge in [-0.25, -0.2) is 4.98 Å². The van der Waals surface area contributed by atoms with Crippen molar-refractivity contribution in [2.45, 2.75) is 19.1 Å². The molecule has 0 bridgehead atoms. The normalized spacial score (nSPS) is 20.1. The van der Waals surface area contributed by atoms with Gasteiger partial charge >= 0.3 is 0 Å². The van der Waals surface area contributed by atoms with E-state index in [-0.39, 0.29) is 23.4 Å². The zero-order valence-corrected chi connectivity index (χ0v) is 11.6. The summed E-state index contributed by atoms with van der Waals surface area (Å²) in [6.45, 7) is 3.21. The van der Waals surface area contributed by atoms with E-state index in [1.54, 1.807) is 4.90 Å². The number of nitrogens with zero attached hydrogens (tertiary/aromatic N) is 3. The second kappa shape index (κ2) is 6.02. The zero-order valence-electron chi connectivity index (χ0n) is 11.6. The summed E-state index contributed by atoms with van der Waals surface area (Å²) in [6, 6.07) is 0.962. The molecule has 21 heavy (non-hydrogen) atoms. The molecule has 0 radical (unpaired) electrons. The van der Waals surface area contributed by atoms with Gasteiger partial charge < -0.3 is 21.1 Å². The van der Waals surface area contributed by atoms with Gasteiger partial charge in [-0.3, -0.25) is 14.9 Å². The first-order valence-electron chi connectivity index (χ1n) is 6.46. The smallest absolute Gasteiger partial charge is 0.288 e. The fourth-order valence-corrected chi connectivity index (χ4v) is 2.17. The Labute approximate surface area is 121 Å². The Balaban J connectivity index is 2.34. The van der Waals surface area contributed by atoms with Crippen LogP contribution in [-0.2, 0) is 4.74 Å². The molecular formula is C12H17N5O4. The predicted octanol–water partition coefficient (Wildman–Crippen LogP) is -0.359. The highest BCUT2D eigenvalue weighted by Gasteiger charge is 2.27. The zero-order chi connectivity index (χ0) is 15.6. The Bertz CT molecular complexity index is 563. The van der Waals surface area contributed by atoms with Crippen molar-refractivity contribution in [3.05, 3.63) is 27.9 Å². The molecule has 1 amide bonds. The maximum absolute atomic E-state index is 11.5. The van der Waals surface area contributed by atoms with Crippen LogP contribution in [0, 0.1) is 10.1 Å². The predicted molar refractivity (Wildman–Crippen MR) is 75.0 cm³/mol. The van der Waals surface area contributed by atoms with E-state index in [0.717, 1.165) is 12.3 Å². The molecule has 2 atom stereocenters. The fraction of sp³-hybridized carbons (Fsp3) is 0.500. The Hall–Kier alpha value is -2.26. The van der Waals surface area contributed by atoms with E-state index < -0.39 is 10.8 Å². The molecule has 9 heteroatoms. The number of carbonyl (C=O) groups is 1. The molecule has 4 N–H and O–H groups in total. The largest absolute Gasteiger partial charge is 0.373 e. The number of nitrogens with two attached hydrogens (primary N) is 2. The SMILES string of the molecule is CC(N)C1CN(c2ncc([N+](=O)[O-])cc2C(N)=O)CCO1. The van der Waals surface area contributed by atoms with Crippen molar-refractivity contribution in [2.24, 2.45) is 11.5 Å². The van der Waals surface area contributed by atoms with Crippen molar-refractivity contribution >= 4 is 17.4 Å². The number of carbonyl (C=O) groups excluding carboxylic acids is 1. The monoisotopic (exact) mass is 295 g/mol. The average Bonchev–Trinajstić information content (AvgIpc) is 2.46. The molecule has 1 aliphatic rings. The minimum Gasteiger partial charge on any atom is -0.373 e. The third-order valence-corrected chi connectivity index (χ3v) is 3.31. The average molecular weight is 295 g/mol. The molecule has 2 heterocycles. The number of morpholine rings is 1. The van der Waals surface area contributed by atoms with Gasteiger partial charge in [0, 0.05) is 25.2 Å². The van der Waals surface area contributed by atoms with Crippen LogP contribution in [0.15, 0.2) is 12.3 Å². The lowest BCUT2D eigenvalue weighted by Crippen LogP contribution is -2.50. The van der Waals surface area contributed by atoms with Crippen molar-refractivity contribution in [3.8, 4) is 0 Å². The standard InChI is InChI=1S/C12H17N5O4/c1-7(13)10-6-16(2-3-21-10)12-9(11(14)18)4-8(5-15-12)17(19)20/h4-5,7,10H,2-3,6,13H2,1H3,(H2,14,18). The molecule has 1 aromatic heterocycles. The second-order valence-electron chi connectivity index (χ2n) is 4.90. The Kier molecular flexibility index (Phi) is 4.34. The molecule has 1 fully saturated rings. The third kappa shape index (κ3) is 3.26. The van der Waals surface area contributed by atoms with E-state index in [1.807, 2.05) is 6.92 Å². The third-order valence-electron chi connectivity index (χ3n) is 3.31. The number of ether oxygens (including phenoxy) is 1. The summed E-state index contributed by atoms with van der Waals surface area (Å²) < 4.78 is 5.53. The van der Waals surface area contributed by atoms with Crippen molar-refractivity contribution < 1.29 is 14.5 Å². The number of rotatable bonds is 4. The van der Waals surface area contributed by atoms with Crippen LogP contribution >= 0.6 is 0 Å². The second-order valence-corrected chi connectivity index (χ2v) is 4.90. The van der Waals surface area contributed by atoms with E-state index in [0.29, 0.717) is 25.5 Å². The minimum atomic E-state index is -0.759. The first-order valence-corrected chi connectivity index (χ1v) is 6.46. The lowest BCUT2D eigenvalue weighted by Gasteiger charge is -2.35. The minimum absolute atomic E-state index is 0.0227. The fourth-order valence-electron chi connectivity index (χ4n) is 2.17. The maximum Gasteiger partial charge on any atom is 0.288 e. The van der Waals surface area contributed by atoms with Crippen molar-refractivity contribution in [1.29, 1.82) is 0 Å². The molecule has 2 unspecified atom stereocenters. The van der Waals surface area contributed by atoms with Gasteiger partial charge in [0.1, 0.15) is 12.0 Å². The molecule has 0 aromatic carbocycles. The van der Waals surface area contributed by atoms with Crippen LogP contribution in [0.5, 0.6) is 0 Å². The molecular weight excluding hydrogens is 278 g/mol. The molecule has 2 rings (SSSR count). The Morgan fingerprint density at radius 2 is 2.38 bits per heavy atom. The van der Waals surface area contributed by atoms with Crippen molar-refractivity contribution in [1.82, 2.24) is 4.98 Å². The molecule has 114 valence electrons. The van der Waals surface area contributed by atoms with E-state index >= 15 is 0 Å². The van der Waals surface area contributed by atoms with Gasteiger partial charge in [-0.05, 0) is 6.92 Å². The van der Waals surface area contributed by atoms with Crippen LogP contribution in [-0.4, -0.2) is 47.7 Å². The maximum atomic E-state index is 11.5. The van der Waals surface area contributed by atoms with Crippen LogP contribution in [0.1, 0.15) is 17.3 Å². The molecule has 0 spiro atoms. The van der Waals surface area contributed by atoms with Crippen molar-refractivity contribution in [3.63, 3.8) is 0 Å². The lowest BCUT2D eigenvalue weighted by atomic mass is 10.1. The lowest BCUT2D eigenvalue weighted by molar-refractivity contribution is -0.385. The first kappa shape index (κ1) is 15.1. The summed E-state index contributed by atoms with van der Waals surface area (Å²) in [7, 11) is 0. The van der Waals surface area contributed by atoms with Crippen molar-refractivity contribution in [2.75, 3.05) is 24.6 Å². The van der Waals surface area contributed by atoms with Gasteiger partial charge in [-0.15, -0.1) is 0 Å². The summed E-state index contributed by atoms with van der Waals surface area (Å²) in [4.78, 5) is 27.5. The number of nitro groups is 1. The molecule has 1 aliphatic heterocycles. The molecule has 0 saturated carbocycles. The molecule has 0 aliphatic carbocycles. The highest BCUT2D eigenvalue weighted by molar-refractivity contribution is 5.98. The number of amides is 1. The van der Waals surface area contributed by atoms with Gasteiger partial charge in [0.05, 0.1) is 23.2 Å². The van der Waals surface area contributed by atoms with Crippen LogP contribution < -0.4 is 16.4 Å². The molecule has 9 nitrogen and oxygen atoms in total. The Morgan fingerprint density at radius 1 is 1.67 bits per heavy atom. The van der Waals surface area contributed by atoms with E-state index in [1.165, 1.54) is 0 Å². The number of primary amides is 1. The van der Waals surface area contributed by atoms with Crippen LogP contribution in [0.3, 0.4) is 0 Å². The quantitative estimate of drug-likeness (QED) is 0.571. The highest BCUT2D eigenvalue weighted by atomic mass is 16.6. The molecule has 1 aromatic rings. The number of hydrogen-bond acceptors (Lipinski definition) is 7. The van der Waals surface area contributed by atoms with Gasteiger partial charge in [-0.1, -0.05) is 0 Å². The summed E-state index contributed by atoms with van der Waals surface area (Å²) in [6.07, 6.45) is 0.912.